The Kier molecular flexibility index (Phi) is 4.66. The van der Waals surface area contributed by atoms with Crippen LogP contribution >= 0.6 is 0 Å². The molecule has 0 N–H and O–H groups in total. The van der Waals surface area contributed by atoms with E-state index in [0.29, 0.717) is 13.0 Å². The Hall–Kier alpha value is -0.110. The van der Waals surface area contributed by atoms with Crippen LogP contribution in [-0.2, 0) is 4.74 Å². The third-order valence-corrected chi connectivity index (χ3v) is 2.18. The molecule has 0 radical (unpaired) electrons. The number of rotatable bonds is 5. The van der Waals surface area contributed by atoms with Crippen LogP contribution in [0.2, 0.25) is 0 Å². The maximum Gasteiger partial charge on any atom is 0.113 e. The van der Waals surface area contributed by atoms with Crippen LogP contribution in [0.1, 0.15) is 33.6 Å². The predicted octanol–water partition coefficient (Wildman–Crippen LogP) is 2.80. The molecule has 0 heterocycles. The van der Waals surface area contributed by atoms with Crippen LogP contribution in [0, 0.1) is 5.92 Å². The molecule has 0 aromatic rings. The average Bonchev–Trinajstić information content (AvgIpc) is 1.88. The van der Waals surface area contributed by atoms with E-state index in [1.165, 1.54) is 0 Å². The molecule has 2 heteroatoms. The average molecular weight is 162 g/mol. The fourth-order valence-electron chi connectivity index (χ4n) is 1.16. The van der Waals surface area contributed by atoms with Gasteiger partial charge in [0.25, 0.3) is 0 Å². The second-order valence-electron chi connectivity index (χ2n) is 3.38. The highest BCUT2D eigenvalue weighted by Gasteiger charge is 2.29. The van der Waals surface area contributed by atoms with Crippen molar-refractivity contribution in [1.29, 1.82) is 0 Å². The Bertz CT molecular complexity index is 102. The fourth-order valence-corrected chi connectivity index (χ4v) is 1.16. The molecule has 0 saturated carbocycles. The largest absolute Gasteiger partial charge is 0.384 e. The molecule has 2 atom stereocenters. The molecule has 0 spiro atoms. The van der Waals surface area contributed by atoms with Crippen molar-refractivity contribution in [2.24, 2.45) is 5.92 Å². The summed E-state index contributed by atoms with van der Waals surface area (Å²) >= 11 is 0. The molecule has 0 rings (SSSR count). The monoisotopic (exact) mass is 162 g/mol. The van der Waals surface area contributed by atoms with Gasteiger partial charge >= 0.3 is 0 Å². The topological polar surface area (TPSA) is 9.23 Å². The zero-order chi connectivity index (χ0) is 8.91. The van der Waals surface area contributed by atoms with E-state index in [9.17, 15) is 4.39 Å². The number of hydrogen-bond acceptors (Lipinski definition) is 1. The van der Waals surface area contributed by atoms with E-state index >= 15 is 0 Å². The van der Waals surface area contributed by atoms with Crippen LogP contribution in [0.25, 0.3) is 0 Å². The number of halogens is 1. The summed E-state index contributed by atoms with van der Waals surface area (Å²) in [4.78, 5) is 0. The smallest absolute Gasteiger partial charge is 0.113 e. The van der Waals surface area contributed by atoms with Gasteiger partial charge in [0, 0.05) is 13.0 Å². The van der Waals surface area contributed by atoms with Crippen LogP contribution in [-0.4, -0.2) is 19.4 Å². The van der Waals surface area contributed by atoms with Crippen molar-refractivity contribution in [2.75, 3.05) is 13.7 Å². The molecule has 0 saturated heterocycles. The van der Waals surface area contributed by atoms with Gasteiger partial charge in [-0.15, -0.1) is 0 Å². The van der Waals surface area contributed by atoms with E-state index in [1.54, 1.807) is 14.0 Å². The van der Waals surface area contributed by atoms with Crippen LogP contribution < -0.4 is 0 Å². The molecule has 0 aromatic carbocycles. The highest BCUT2D eigenvalue weighted by molar-refractivity contribution is 4.78. The fraction of sp³-hybridized carbons (Fsp3) is 1.00. The minimum absolute atomic E-state index is 0.00699. The summed E-state index contributed by atoms with van der Waals surface area (Å²) < 4.78 is 18.5. The van der Waals surface area contributed by atoms with E-state index < -0.39 is 5.67 Å². The third-order valence-electron chi connectivity index (χ3n) is 2.18. The molecule has 0 aromatic heterocycles. The number of alkyl halides is 1. The summed E-state index contributed by atoms with van der Waals surface area (Å²) in [5.41, 5.74) is -1.06. The molecule has 68 valence electrons. The SMILES string of the molecule is CCCC(C)(F)C(C)COC. The summed E-state index contributed by atoms with van der Waals surface area (Å²) in [6.07, 6.45) is 1.51. The summed E-state index contributed by atoms with van der Waals surface area (Å²) in [7, 11) is 1.61. The molecule has 11 heavy (non-hydrogen) atoms. The lowest BCUT2D eigenvalue weighted by Gasteiger charge is -2.26. The van der Waals surface area contributed by atoms with Crippen molar-refractivity contribution in [3.05, 3.63) is 0 Å². The number of hydrogen-bond donors (Lipinski definition) is 0. The maximum absolute atomic E-state index is 13.6. The van der Waals surface area contributed by atoms with Gasteiger partial charge < -0.3 is 4.74 Å². The van der Waals surface area contributed by atoms with E-state index in [4.69, 9.17) is 4.74 Å². The molecule has 2 unspecified atom stereocenters. The zero-order valence-corrected chi connectivity index (χ0v) is 7.98. The van der Waals surface area contributed by atoms with E-state index in [0.717, 1.165) is 6.42 Å². The Morgan fingerprint density at radius 2 is 2.09 bits per heavy atom. The van der Waals surface area contributed by atoms with Crippen molar-refractivity contribution in [2.45, 2.75) is 39.3 Å². The van der Waals surface area contributed by atoms with Gasteiger partial charge in [-0.1, -0.05) is 20.3 Å². The molecule has 1 nitrogen and oxygen atoms in total. The van der Waals surface area contributed by atoms with E-state index in [2.05, 4.69) is 0 Å². The van der Waals surface area contributed by atoms with Crippen molar-refractivity contribution in [1.82, 2.24) is 0 Å². The lowest BCUT2D eigenvalue weighted by Crippen LogP contribution is -2.30. The van der Waals surface area contributed by atoms with Gasteiger partial charge in [0.2, 0.25) is 0 Å². The van der Waals surface area contributed by atoms with Gasteiger partial charge in [0.1, 0.15) is 5.67 Å². The van der Waals surface area contributed by atoms with Crippen molar-refractivity contribution in [3.8, 4) is 0 Å². The summed E-state index contributed by atoms with van der Waals surface area (Å²) in [6, 6.07) is 0. The van der Waals surface area contributed by atoms with Gasteiger partial charge in [0.15, 0.2) is 0 Å². The first-order valence-electron chi connectivity index (χ1n) is 4.22. The van der Waals surface area contributed by atoms with Crippen molar-refractivity contribution in [3.63, 3.8) is 0 Å². The van der Waals surface area contributed by atoms with Gasteiger partial charge in [-0.3, -0.25) is 0 Å². The third kappa shape index (κ3) is 3.71. The van der Waals surface area contributed by atoms with E-state index in [-0.39, 0.29) is 5.92 Å². The summed E-state index contributed by atoms with van der Waals surface area (Å²) in [6.45, 7) is 6.05. The molecular formula is C9H19FO. The lowest BCUT2D eigenvalue weighted by atomic mass is 9.89. The Morgan fingerprint density at radius 3 is 2.45 bits per heavy atom. The maximum atomic E-state index is 13.6. The van der Waals surface area contributed by atoms with Gasteiger partial charge in [-0.2, -0.15) is 0 Å². The second-order valence-corrected chi connectivity index (χ2v) is 3.38. The van der Waals surface area contributed by atoms with Crippen LogP contribution in [0.15, 0.2) is 0 Å². The standard InChI is InChI=1S/C9H19FO/c1-5-6-9(3,10)8(2)7-11-4/h8H,5-7H2,1-4H3. The van der Waals surface area contributed by atoms with E-state index in [1.807, 2.05) is 13.8 Å². The zero-order valence-electron chi connectivity index (χ0n) is 7.98. The summed E-state index contributed by atoms with van der Waals surface area (Å²) in [5, 5.41) is 0. The minimum atomic E-state index is -1.06. The normalized spacial score (nSPS) is 19.4. The lowest BCUT2D eigenvalue weighted by molar-refractivity contribution is 0.0399. The predicted molar refractivity (Wildman–Crippen MR) is 45.5 cm³/mol. The quantitative estimate of drug-likeness (QED) is 0.604. The Morgan fingerprint density at radius 1 is 1.55 bits per heavy atom. The van der Waals surface area contributed by atoms with Gasteiger partial charge in [-0.05, 0) is 13.3 Å². The number of methoxy groups -OCH3 is 1. The van der Waals surface area contributed by atoms with Crippen LogP contribution in [0.4, 0.5) is 4.39 Å². The molecule has 0 amide bonds. The van der Waals surface area contributed by atoms with Crippen LogP contribution in [0.3, 0.4) is 0 Å². The van der Waals surface area contributed by atoms with Gasteiger partial charge in [-0.25, -0.2) is 4.39 Å². The molecule has 0 aliphatic heterocycles. The minimum Gasteiger partial charge on any atom is -0.384 e. The highest BCUT2D eigenvalue weighted by Crippen LogP contribution is 2.27. The van der Waals surface area contributed by atoms with Gasteiger partial charge in [0.05, 0.1) is 6.61 Å². The first-order chi connectivity index (χ1) is 5.04. The number of ether oxygens (including phenoxy) is 1. The molecule has 0 fully saturated rings. The van der Waals surface area contributed by atoms with Crippen LogP contribution in [0.5, 0.6) is 0 Å². The highest BCUT2D eigenvalue weighted by atomic mass is 19.1. The molecule has 0 aliphatic rings. The van der Waals surface area contributed by atoms with Crippen molar-refractivity contribution < 1.29 is 9.13 Å². The first kappa shape index (κ1) is 10.9. The summed E-state index contributed by atoms with van der Waals surface area (Å²) in [5.74, 6) is -0.00699. The van der Waals surface area contributed by atoms with Crippen molar-refractivity contribution >= 4 is 0 Å². The Labute approximate surface area is 68.9 Å². The molecular weight excluding hydrogens is 143 g/mol. The molecule has 0 aliphatic carbocycles. The molecule has 0 bridgehead atoms. The Balaban J connectivity index is 3.83. The second kappa shape index (κ2) is 4.70. The first-order valence-corrected chi connectivity index (χ1v) is 4.22.